The Morgan fingerprint density at radius 1 is 0.346 bits per heavy atom. The van der Waals surface area contributed by atoms with E-state index in [9.17, 15) is 33.9 Å². The molecule has 1 N–H and O–H groups in total. The number of fused-ring (bicyclic) bond motifs is 4. The number of rotatable bonds is 32. The van der Waals surface area contributed by atoms with Crippen LogP contribution in [0.1, 0.15) is 177 Å². The summed E-state index contributed by atoms with van der Waals surface area (Å²) in [7, 11) is 1.45. The lowest BCUT2D eigenvalue weighted by Gasteiger charge is -2.28. The number of carboxylic acids is 1. The standard InChI is InChI=1S/C32H31NO5.C31H29NO5.C25H25NO3.C25H27NO3/c34-30(37-20-23-8-2-1-3-9-23)22-38-32(35)31(25-11-4-5-12-25)26-15-18-28(19-16-26)36-21-27-17-14-24-10-6-7-13-29(24)33-27;1-31(24-12-13-24,30(34)37-21-29(33)36-19-22-7-3-2-4-8-22)25-14-17-27(18-15-25)35-20-26-16-11-23-9-5-6-10-28(23)32-26;1-28-25(27)24(19-8-3-2-4-9-19)20-12-15-22(16-13-20)29-17-21-14-11-18-7-5-6-10-23(18)26-21;27-25(28)24(19-8-3-1-2-4-9-19)20-12-15-22(16-13-20)29-17-21-14-11-18-7-5-6-10-23(18)26-21/h1-3,6-10,13-19,25,31H,4-5,11-12,20-22H2;2-11,14-18,24H,12-13,19-21H2,1H3;3,5-8,10-16,19,24H,2,4,9,17H2,1H3;5-7,10-16,19,24H,1-4,8-9,17H2,(H,27,28). The van der Waals surface area contributed by atoms with Crippen LogP contribution >= 0.6 is 0 Å². The number of allylic oxidation sites excluding steroid dienone is 2. The summed E-state index contributed by atoms with van der Waals surface area (Å²) in [6, 6.07) is 97.3. The van der Waals surface area contributed by atoms with E-state index in [0.717, 1.165) is 195 Å². The zero-order valence-electron chi connectivity index (χ0n) is 75.2. The van der Waals surface area contributed by atoms with E-state index in [1.54, 1.807) is 0 Å². The summed E-state index contributed by atoms with van der Waals surface area (Å²) in [6.45, 7) is 2.86. The maximum atomic E-state index is 13.2. The minimum Gasteiger partial charge on any atom is -0.487 e. The molecular formula is C113H112N4O16. The molecule has 4 heterocycles. The number of esters is 5. The number of benzene rings is 10. The fraction of sp³-hybridized carbons (Fsp3) is 0.292. The van der Waals surface area contributed by atoms with Crippen molar-refractivity contribution >= 4 is 79.4 Å². The number of hydrogen-bond donors (Lipinski definition) is 1. The maximum absolute atomic E-state index is 13.2. The molecule has 14 aromatic rings. The van der Waals surface area contributed by atoms with Crippen LogP contribution in [-0.4, -0.2) is 81.2 Å². The summed E-state index contributed by atoms with van der Waals surface area (Å²) >= 11 is 0. The lowest BCUT2D eigenvalue weighted by Crippen LogP contribution is -2.37. The molecule has 4 aromatic heterocycles. The first-order valence-electron chi connectivity index (χ1n) is 46.1. The smallest absolute Gasteiger partial charge is 0.344 e. The quantitative estimate of drug-likeness (QED) is 0.0178. The first-order chi connectivity index (χ1) is 65.1. The summed E-state index contributed by atoms with van der Waals surface area (Å²) in [5, 5.41) is 14.2. The van der Waals surface area contributed by atoms with E-state index < -0.39 is 54.3 Å². The molecule has 0 aliphatic heterocycles. The fourth-order valence-corrected chi connectivity index (χ4v) is 17.8. The Bertz CT molecular complexity index is 6220. The average Bonchev–Trinajstić information content (AvgIpc) is 1.62. The van der Waals surface area contributed by atoms with Gasteiger partial charge in [0.1, 0.15) is 62.6 Å². The molecule has 0 amide bonds. The number of carbonyl (C=O) groups is 6. The molecule has 0 radical (unpaired) electrons. The molecule has 0 spiro atoms. The number of carbonyl (C=O) groups excluding carboxylic acids is 5. The Kier molecular flexibility index (Phi) is 32.9. The Morgan fingerprint density at radius 2 is 0.699 bits per heavy atom. The van der Waals surface area contributed by atoms with Gasteiger partial charge < -0.3 is 47.7 Å². The number of methoxy groups -OCH3 is 1. The van der Waals surface area contributed by atoms with Crippen LogP contribution in [0.2, 0.25) is 0 Å². The molecule has 5 unspecified atom stereocenters. The first-order valence-corrected chi connectivity index (χ1v) is 46.1. The number of hydrogen-bond acceptors (Lipinski definition) is 19. The third-order valence-electron chi connectivity index (χ3n) is 25.2. The number of aromatic nitrogens is 4. The summed E-state index contributed by atoms with van der Waals surface area (Å²) in [6.07, 6.45) is 20.2. The van der Waals surface area contributed by atoms with Crippen molar-refractivity contribution in [3.05, 3.63) is 372 Å². The number of para-hydroxylation sites is 4. The maximum Gasteiger partial charge on any atom is 0.344 e. The Morgan fingerprint density at radius 3 is 1.08 bits per heavy atom. The molecule has 0 saturated heterocycles. The highest BCUT2D eigenvalue weighted by Crippen LogP contribution is 2.49. The highest BCUT2D eigenvalue weighted by Gasteiger charge is 2.50. The number of ether oxygens (including phenoxy) is 9. The predicted molar refractivity (Wildman–Crippen MR) is 512 cm³/mol. The van der Waals surface area contributed by atoms with Gasteiger partial charge in [0, 0.05) is 21.5 Å². The van der Waals surface area contributed by atoms with Crippen molar-refractivity contribution in [1.82, 2.24) is 19.9 Å². The van der Waals surface area contributed by atoms with Crippen molar-refractivity contribution in [3.63, 3.8) is 0 Å². The van der Waals surface area contributed by atoms with Crippen molar-refractivity contribution in [3.8, 4) is 23.0 Å². The van der Waals surface area contributed by atoms with Crippen molar-refractivity contribution < 1.29 is 76.5 Å². The molecule has 0 bridgehead atoms. The normalized spacial score (nSPS) is 15.4. The minimum absolute atomic E-state index is 0.146. The van der Waals surface area contributed by atoms with Gasteiger partial charge >= 0.3 is 35.8 Å². The molecule has 10 aromatic carbocycles. The lowest BCUT2D eigenvalue weighted by atomic mass is 9.78. The van der Waals surface area contributed by atoms with Gasteiger partial charge in [0.15, 0.2) is 13.2 Å². The minimum atomic E-state index is -0.835. The highest BCUT2D eigenvalue weighted by molar-refractivity contribution is 5.87. The Labute approximate surface area is 776 Å². The molecule has 5 atom stereocenters. The zero-order chi connectivity index (χ0) is 91.9. The average molecular weight is 1780 g/mol. The number of aliphatic carboxylic acids is 1. The van der Waals surface area contributed by atoms with E-state index in [1.165, 1.54) is 20.0 Å². The van der Waals surface area contributed by atoms with E-state index in [0.29, 0.717) is 37.9 Å². The van der Waals surface area contributed by atoms with Gasteiger partial charge in [-0.1, -0.05) is 257 Å². The van der Waals surface area contributed by atoms with Gasteiger partial charge in [-0.2, -0.15) is 0 Å². The van der Waals surface area contributed by atoms with Crippen molar-refractivity contribution in [2.45, 2.75) is 166 Å². The van der Waals surface area contributed by atoms with Crippen LogP contribution < -0.4 is 18.9 Å². The first kappa shape index (κ1) is 93.3. The Hall–Kier alpha value is -14.4. The van der Waals surface area contributed by atoms with Crippen LogP contribution in [0.4, 0.5) is 0 Å². The fourth-order valence-electron chi connectivity index (χ4n) is 17.8. The number of carboxylic acid groups (broad SMARTS) is 1. The number of nitrogens with zero attached hydrogens (tertiary/aromatic N) is 4. The second-order valence-electron chi connectivity index (χ2n) is 34.4. The summed E-state index contributed by atoms with van der Waals surface area (Å²) in [4.78, 5) is 93.6. The van der Waals surface area contributed by atoms with Crippen molar-refractivity contribution in [1.29, 1.82) is 0 Å². The molecule has 680 valence electrons. The Balaban J connectivity index is 0.000000136. The van der Waals surface area contributed by atoms with E-state index >= 15 is 0 Å². The van der Waals surface area contributed by atoms with Crippen LogP contribution in [0.15, 0.2) is 315 Å². The molecule has 133 heavy (non-hydrogen) atoms. The van der Waals surface area contributed by atoms with Crippen LogP contribution in [0.3, 0.4) is 0 Å². The lowest BCUT2D eigenvalue weighted by molar-refractivity contribution is -0.163. The third kappa shape index (κ3) is 26.3. The van der Waals surface area contributed by atoms with Crippen molar-refractivity contribution in [2.24, 2.45) is 23.7 Å². The van der Waals surface area contributed by atoms with E-state index in [-0.39, 0.29) is 54.7 Å². The monoisotopic (exact) mass is 1780 g/mol. The summed E-state index contributed by atoms with van der Waals surface area (Å²) < 4.78 is 50.2. The van der Waals surface area contributed by atoms with Gasteiger partial charge in [0.25, 0.3) is 0 Å². The SMILES string of the molecule is CC(C(=O)OCC(=O)OCc1ccccc1)(c1ccc(OCc2ccc3ccccc3n2)cc1)C1CC1.COC(=O)C(c1ccc(OCc2ccc3ccccc3n2)cc1)C1C=CCCC1.O=C(COC(=O)C(c1ccc(OCc2ccc3ccccc3n2)cc1)C1CCCC1)OCc1ccccc1.O=C(O)C(c1ccc(OCc2ccc3ccccc3n2)cc1)C1CCCCCC1. The molecule has 3 fully saturated rings. The molecule has 18 rings (SSSR count). The topological polar surface area (TPSA) is 257 Å². The summed E-state index contributed by atoms with van der Waals surface area (Å²) in [5.41, 5.74) is 11.7. The van der Waals surface area contributed by atoms with Gasteiger partial charge in [-0.05, 0) is 219 Å². The van der Waals surface area contributed by atoms with Gasteiger partial charge in [0.2, 0.25) is 0 Å². The van der Waals surface area contributed by atoms with Gasteiger partial charge in [0.05, 0.1) is 75.1 Å². The highest BCUT2D eigenvalue weighted by atomic mass is 16.6. The van der Waals surface area contributed by atoms with Gasteiger partial charge in [-0.25, -0.2) is 29.5 Å². The molecule has 3 saturated carbocycles. The van der Waals surface area contributed by atoms with Crippen LogP contribution in [0, 0.1) is 23.7 Å². The van der Waals surface area contributed by atoms with Crippen LogP contribution in [-0.2, 0) is 97.5 Å². The largest absolute Gasteiger partial charge is 0.487 e. The van der Waals surface area contributed by atoms with E-state index in [1.807, 2.05) is 304 Å². The summed E-state index contributed by atoms with van der Waals surface area (Å²) in [5.74, 6) is -0.294. The van der Waals surface area contributed by atoms with Crippen LogP contribution in [0.25, 0.3) is 43.6 Å². The predicted octanol–water partition coefficient (Wildman–Crippen LogP) is 23.5. The molecule has 4 aliphatic rings. The molecule has 20 heteroatoms. The van der Waals surface area contributed by atoms with Gasteiger partial charge in [-0.3, -0.25) is 19.2 Å². The molecular weight excluding hydrogens is 1670 g/mol. The third-order valence-corrected chi connectivity index (χ3v) is 25.2. The van der Waals surface area contributed by atoms with Crippen LogP contribution in [0.5, 0.6) is 23.0 Å². The van der Waals surface area contributed by atoms with Crippen molar-refractivity contribution in [2.75, 3.05) is 20.3 Å². The second kappa shape index (κ2) is 46.9. The van der Waals surface area contributed by atoms with E-state index in [2.05, 4.69) is 38.2 Å². The molecule has 4 aliphatic carbocycles. The number of pyridine rings is 4. The zero-order valence-corrected chi connectivity index (χ0v) is 75.2. The molecule has 20 nitrogen and oxygen atoms in total. The second-order valence-corrected chi connectivity index (χ2v) is 34.4. The van der Waals surface area contributed by atoms with Gasteiger partial charge in [-0.15, -0.1) is 0 Å². The van der Waals surface area contributed by atoms with E-state index in [4.69, 9.17) is 42.6 Å².